The van der Waals surface area contributed by atoms with E-state index in [4.69, 9.17) is 9.47 Å². The monoisotopic (exact) mass is 412 g/mol. The summed E-state index contributed by atoms with van der Waals surface area (Å²) in [6.07, 6.45) is -2.62. The zero-order valence-electron chi connectivity index (χ0n) is 17.0. The largest absolute Gasteiger partial charge is 0.493 e. The number of anilines is 1. The summed E-state index contributed by atoms with van der Waals surface area (Å²) in [5.41, 5.74) is 2.19. The van der Waals surface area contributed by atoms with Gasteiger partial charge in [0.15, 0.2) is 17.7 Å². The Hall–Kier alpha value is -3.26. The summed E-state index contributed by atoms with van der Waals surface area (Å²) >= 11 is 0. The van der Waals surface area contributed by atoms with E-state index >= 15 is 0 Å². The van der Waals surface area contributed by atoms with Crippen LogP contribution in [0.1, 0.15) is 35.3 Å². The zero-order chi connectivity index (χ0) is 21.6. The zero-order valence-corrected chi connectivity index (χ0v) is 17.0. The number of methoxy groups -OCH3 is 1. The number of hydrogen-bond donors (Lipinski definition) is 2. The predicted octanol–water partition coefficient (Wildman–Crippen LogP) is 2.87. The number of amides is 2. The Morgan fingerprint density at radius 2 is 1.87 bits per heavy atom. The summed E-state index contributed by atoms with van der Waals surface area (Å²) in [4.78, 5) is 28.0. The number of rotatable bonds is 3. The Kier molecular flexibility index (Phi) is 5.03. The van der Waals surface area contributed by atoms with E-state index < -0.39 is 18.4 Å². The number of aliphatic hydroxyl groups is 1. The molecule has 0 saturated carbocycles. The summed E-state index contributed by atoms with van der Waals surface area (Å²) in [6, 6.07) is 9.89. The number of carboxylic acid groups (broad SMARTS) is 1. The number of aliphatic hydroxyl groups excluding tert-OH is 1. The van der Waals surface area contributed by atoms with Crippen LogP contribution < -0.4 is 14.4 Å². The Labute approximate surface area is 174 Å². The molecule has 2 amide bonds. The van der Waals surface area contributed by atoms with Crippen LogP contribution in [0.3, 0.4) is 0 Å². The molecule has 0 saturated heterocycles. The van der Waals surface area contributed by atoms with Crippen LogP contribution in [-0.2, 0) is 13.0 Å². The molecular weight excluding hydrogens is 388 g/mol. The van der Waals surface area contributed by atoms with Gasteiger partial charge in [-0.1, -0.05) is 24.3 Å². The van der Waals surface area contributed by atoms with E-state index in [2.05, 4.69) is 0 Å². The van der Waals surface area contributed by atoms with Gasteiger partial charge in [0.05, 0.1) is 30.5 Å². The first kappa shape index (κ1) is 20.0. The Morgan fingerprint density at radius 3 is 2.50 bits per heavy atom. The van der Waals surface area contributed by atoms with Crippen molar-refractivity contribution in [3.8, 4) is 11.5 Å². The van der Waals surface area contributed by atoms with Gasteiger partial charge in [0.2, 0.25) is 0 Å². The van der Waals surface area contributed by atoms with Gasteiger partial charge in [0.1, 0.15) is 0 Å². The maximum Gasteiger partial charge on any atom is 0.414 e. The summed E-state index contributed by atoms with van der Waals surface area (Å²) in [5.74, 6) is 0.272. The fourth-order valence-corrected chi connectivity index (χ4v) is 4.15. The molecule has 2 atom stereocenters. The molecule has 158 valence electrons. The first-order valence-corrected chi connectivity index (χ1v) is 9.78. The lowest BCUT2D eigenvalue weighted by molar-refractivity contribution is 0.0312. The van der Waals surface area contributed by atoms with E-state index in [1.807, 2.05) is 38.1 Å². The molecule has 2 aromatic carbocycles. The van der Waals surface area contributed by atoms with Crippen molar-refractivity contribution >= 4 is 17.7 Å². The number of carbonyl (C=O) groups excluding carboxylic acids is 1. The molecule has 2 aromatic rings. The normalized spacial score (nSPS) is 20.2. The lowest BCUT2D eigenvalue weighted by Crippen LogP contribution is -2.55. The molecule has 0 bridgehead atoms. The topological polar surface area (TPSA) is 99.5 Å². The highest BCUT2D eigenvalue weighted by atomic mass is 16.5. The highest BCUT2D eigenvalue weighted by Crippen LogP contribution is 2.41. The number of ether oxygens (including phenoxy) is 2. The van der Waals surface area contributed by atoms with E-state index in [1.165, 1.54) is 24.1 Å². The lowest BCUT2D eigenvalue weighted by atomic mass is 9.93. The molecule has 8 heteroatoms. The Morgan fingerprint density at radius 1 is 1.17 bits per heavy atom. The molecule has 1 unspecified atom stereocenters. The minimum atomic E-state index is -1.43. The van der Waals surface area contributed by atoms with Crippen molar-refractivity contribution in [2.75, 3.05) is 12.0 Å². The van der Waals surface area contributed by atoms with Crippen molar-refractivity contribution in [3.63, 3.8) is 0 Å². The summed E-state index contributed by atoms with van der Waals surface area (Å²) < 4.78 is 11.2. The molecule has 4 rings (SSSR count). The number of carbonyl (C=O) groups is 2. The maximum atomic E-state index is 13.5. The average Bonchev–Trinajstić information content (AvgIpc) is 2.79. The molecule has 0 spiro atoms. The molecular formula is C22H24N2O6. The summed E-state index contributed by atoms with van der Waals surface area (Å²) in [7, 11) is 1.46. The minimum Gasteiger partial charge on any atom is -0.493 e. The van der Waals surface area contributed by atoms with Gasteiger partial charge in [-0.25, -0.2) is 9.69 Å². The maximum absolute atomic E-state index is 13.5. The van der Waals surface area contributed by atoms with E-state index in [0.717, 1.165) is 16.0 Å². The van der Waals surface area contributed by atoms with Crippen LogP contribution in [0.5, 0.6) is 11.5 Å². The molecule has 0 radical (unpaired) electrons. The van der Waals surface area contributed by atoms with Gasteiger partial charge in [-0.3, -0.25) is 4.79 Å². The summed E-state index contributed by atoms with van der Waals surface area (Å²) in [6.45, 7) is 3.95. The van der Waals surface area contributed by atoms with Gasteiger partial charge >= 0.3 is 6.09 Å². The van der Waals surface area contributed by atoms with Crippen LogP contribution in [0.4, 0.5) is 10.5 Å². The van der Waals surface area contributed by atoms with E-state index in [9.17, 15) is 19.8 Å². The van der Waals surface area contributed by atoms with E-state index in [-0.39, 0.29) is 29.8 Å². The van der Waals surface area contributed by atoms with Crippen LogP contribution in [0.2, 0.25) is 0 Å². The number of fused-ring (bicyclic) bond motifs is 3. The highest BCUT2D eigenvalue weighted by Gasteiger charge is 2.44. The third-order valence-corrected chi connectivity index (χ3v) is 5.50. The van der Waals surface area contributed by atoms with Crippen LogP contribution in [0.15, 0.2) is 36.4 Å². The standard InChI is InChI=1S/C22H24N2O6/c1-12(2)30-19-10-16-15(9-18(19)29-3)20(25)23-11-14-7-5-4-6-13(14)8-17(23)21(26)24(16)22(27)28/h4-7,9-10,12,17,21,26H,8,11H2,1-3H3,(H,27,28)/t17-,21?/m0/s1. The van der Waals surface area contributed by atoms with Crippen LogP contribution >= 0.6 is 0 Å². The fourth-order valence-electron chi connectivity index (χ4n) is 4.15. The molecule has 2 aliphatic heterocycles. The Bertz CT molecular complexity index is 1010. The van der Waals surface area contributed by atoms with Gasteiger partial charge < -0.3 is 24.6 Å². The highest BCUT2D eigenvalue weighted by molar-refractivity contribution is 6.05. The SMILES string of the molecule is COc1cc2c(cc1OC(C)C)N(C(=O)O)C(O)[C@@H]1Cc3ccccc3CN1C2=O. The Balaban J connectivity index is 1.89. The second-order valence-corrected chi connectivity index (χ2v) is 7.73. The van der Waals surface area contributed by atoms with Crippen molar-refractivity contribution in [2.24, 2.45) is 0 Å². The quantitative estimate of drug-likeness (QED) is 0.804. The van der Waals surface area contributed by atoms with Crippen LogP contribution in [0, 0.1) is 0 Å². The minimum absolute atomic E-state index is 0.0786. The van der Waals surface area contributed by atoms with E-state index in [1.54, 1.807) is 0 Å². The number of benzene rings is 2. The smallest absolute Gasteiger partial charge is 0.414 e. The first-order chi connectivity index (χ1) is 14.3. The molecule has 0 aliphatic carbocycles. The molecule has 2 aliphatic rings. The van der Waals surface area contributed by atoms with Crippen molar-refractivity contribution in [3.05, 3.63) is 53.1 Å². The molecule has 2 heterocycles. The first-order valence-electron chi connectivity index (χ1n) is 9.78. The van der Waals surface area contributed by atoms with Crippen LogP contribution in [-0.4, -0.2) is 52.6 Å². The molecule has 2 N–H and O–H groups in total. The van der Waals surface area contributed by atoms with Crippen LogP contribution in [0.25, 0.3) is 0 Å². The van der Waals surface area contributed by atoms with Gasteiger partial charge in [-0.05, 0) is 37.5 Å². The number of nitrogens with zero attached hydrogens (tertiary/aromatic N) is 2. The number of hydrogen-bond acceptors (Lipinski definition) is 5. The van der Waals surface area contributed by atoms with E-state index in [0.29, 0.717) is 17.9 Å². The fraction of sp³-hybridized carbons (Fsp3) is 0.364. The lowest BCUT2D eigenvalue weighted by Gasteiger charge is -2.39. The van der Waals surface area contributed by atoms with Gasteiger partial charge in [0.25, 0.3) is 5.91 Å². The van der Waals surface area contributed by atoms with Crippen molar-refractivity contribution in [2.45, 2.75) is 45.2 Å². The molecule has 0 fully saturated rings. The van der Waals surface area contributed by atoms with Crippen molar-refractivity contribution < 1.29 is 29.3 Å². The molecule has 8 nitrogen and oxygen atoms in total. The van der Waals surface area contributed by atoms with Crippen molar-refractivity contribution in [1.82, 2.24) is 4.90 Å². The third kappa shape index (κ3) is 3.23. The third-order valence-electron chi connectivity index (χ3n) is 5.50. The second kappa shape index (κ2) is 7.53. The predicted molar refractivity (Wildman–Crippen MR) is 109 cm³/mol. The van der Waals surface area contributed by atoms with Gasteiger partial charge in [0, 0.05) is 12.6 Å². The average molecular weight is 412 g/mol. The molecule has 30 heavy (non-hydrogen) atoms. The summed E-state index contributed by atoms with van der Waals surface area (Å²) in [5, 5.41) is 21.0. The van der Waals surface area contributed by atoms with Gasteiger partial charge in [-0.2, -0.15) is 0 Å². The second-order valence-electron chi connectivity index (χ2n) is 7.73. The van der Waals surface area contributed by atoms with Crippen molar-refractivity contribution in [1.29, 1.82) is 0 Å². The molecule has 0 aromatic heterocycles. The van der Waals surface area contributed by atoms with Gasteiger partial charge in [-0.15, -0.1) is 0 Å².